The zero-order valence-electron chi connectivity index (χ0n) is 10.2. The fraction of sp³-hybridized carbons (Fsp3) is 0.0625. The Morgan fingerprint density at radius 1 is 0.944 bits per heavy atom. The molecule has 0 fully saturated rings. The largest absolute Gasteiger partial charge is 0.399 e. The molecule has 2 aromatic carbocycles. The van der Waals surface area contributed by atoms with Crippen LogP contribution in [0.2, 0.25) is 0 Å². The van der Waals surface area contributed by atoms with Crippen LogP contribution >= 0.6 is 0 Å². The molecule has 1 aromatic heterocycles. The van der Waals surface area contributed by atoms with Crippen molar-refractivity contribution in [2.24, 2.45) is 0 Å². The lowest BCUT2D eigenvalue weighted by molar-refractivity contribution is 1.41. The van der Waals surface area contributed by atoms with E-state index in [4.69, 9.17) is 5.73 Å². The topological polar surface area (TPSA) is 38.9 Å². The summed E-state index contributed by atoms with van der Waals surface area (Å²) < 4.78 is 0. The highest BCUT2D eigenvalue weighted by Gasteiger charge is 2.06. The Bertz CT molecular complexity index is 712. The standard InChI is InChI=1S/C16H14N2/c1-11-10-12(17)7-8-13(11)14-4-2-6-16-15(14)5-3-9-18-16/h2-10H,17H2,1H3. The van der Waals surface area contributed by atoms with E-state index in [1.54, 1.807) is 0 Å². The van der Waals surface area contributed by atoms with E-state index in [9.17, 15) is 0 Å². The van der Waals surface area contributed by atoms with Gasteiger partial charge in [0.25, 0.3) is 0 Å². The van der Waals surface area contributed by atoms with E-state index < -0.39 is 0 Å². The van der Waals surface area contributed by atoms with Crippen LogP contribution < -0.4 is 5.73 Å². The SMILES string of the molecule is Cc1cc(N)ccc1-c1cccc2ncccc12. The van der Waals surface area contributed by atoms with Crippen LogP contribution in [0.15, 0.2) is 54.7 Å². The maximum absolute atomic E-state index is 5.81. The monoisotopic (exact) mass is 234 g/mol. The summed E-state index contributed by atoms with van der Waals surface area (Å²) in [5.41, 5.74) is 11.2. The van der Waals surface area contributed by atoms with Crippen molar-refractivity contribution in [1.82, 2.24) is 4.98 Å². The predicted octanol–water partition coefficient (Wildman–Crippen LogP) is 3.79. The number of benzene rings is 2. The van der Waals surface area contributed by atoms with Crippen LogP contribution in [0.5, 0.6) is 0 Å². The normalized spacial score (nSPS) is 10.7. The molecular formula is C16H14N2. The summed E-state index contributed by atoms with van der Waals surface area (Å²) in [5, 5.41) is 1.17. The number of pyridine rings is 1. The first kappa shape index (κ1) is 10.8. The van der Waals surface area contributed by atoms with Gasteiger partial charge in [0, 0.05) is 17.3 Å². The van der Waals surface area contributed by atoms with Crippen molar-refractivity contribution in [2.75, 3.05) is 5.73 Å². The third kappa shape index (κ3) is 1.72. The van der Waals surface area contributed by atoms with Gasteiger partial charge in [-0.1, -0.05) is 24.3 Å². The van der Waals surface area contributed by atoms with Crippen LogP contribution in [0.1, 0.15) is 5.56 Å². The van der Waals surface area contributed by atoms with E-state index in [-0.39, 0.29) is 0 Å². The van der Waals surface area contributed by atoms with Gasteiger partial charge in [-0.05, 0) is 47.9 Å². The first-order chi connectivity index (χ1) is 8.75. The zero-order valence-corrected chi connectivity index (χ0v) is 10.2. The van der Waals surface area contributed by atoms with Crippen LogP contribution in [0.3, 0.4) is 0 Å². The molecule has 0 unspecified atom stereocenters. The number of anilines is 1. The fourth-order valence-corrected chi connectivity index (χ4v) is 2.33. The van der Waals surface area contributed by atoms with Crippen LogP contribution in [0.4, 0.5) is 5.69 Å². The molecule has 0 aliphatic carbocycles. The molecule has 0 aliphatic heterocycles. The van der Waals surface area contributed by atoms with Gasteiger partial charge in [-0.3, -0.25) is 4.98 Å². The minimum Gasteiger partial charge on any atom is -0.399 e. The minimum absolute atomic E-state index is 0.801. The highest BCUT2D eigenvalue weighted by molar-refractivity contribution is 5.95. The van der Waals surface area contributed by atoms with Crippen LogP contribution in [-0.2, 0) is 0 Å². The maximum atomic E-state index is 5.81. The Balaban J connectivity index is 2.31. The molecule has 0 saturated carbocycles. The molecule has 0 saturated heterocycles. The highest BCUT2D eigenvalue weighted by atomic mass is 14.6. The summed E-state index contributed by atoms with van der Waals surface area (Å²) in [5.74, 6) is 0. The highest BCUT2D eigenvalue weighted by Crippen LogP contribution is 2.30. The van der Waals surface area contributed by atoms with Gasteiger partial charge in [-0.15, -0.1) is 0 Å². The molecule has 2 heteroatoms. The van der Waals surface area contributed by atoms with Crippen LogP contribution in [-0.4, -0.2) is 4.98 Å². The molecule has 3 aromatic rings. The fourth-order valence-electron chi connectivity index (χ4n) is 2.33. The van der Waals surface area contributed by atoms with Crippen molar-refractivity contribution in [3.05, 3.63) is 60.3 Å². The summed E-state index contributed by atoms with van der Waals surface area (Å²) in [6.07, 6.45) is 1.82. The first-order valence-corrected chi connectivity index (χ1v) is 5.96. The number of hydrogen-bond donors (Lipinski definition) is 1. The average Bonchev–Trinajstić information content (AvgIpc) is 2.38. The zero-order chi connectivity index (χ0) is 12.5. The predicted molar refractivity (Wildman–Crippen MR) is 76.3 cm³/mol. The molecule has 0 spiro atoms. The quantitative estimate of drug-likeness (QED) is 0.650. The van der Waals surface area contributed by atoms with Gasteiger partial charge < -0.3 is 5.73 Å². The smallest absolute Gasteiger partial charge is 0.0708 e. The van der Waals surface area contributed by atoms with Gasteiger partial charge in [0.15, 0.2) is 0 Å². The van der Waals surface area contributed by atoms with E-state index in [0.29, 0.717) is 0 Å². The molecule has 18 heavy (non-hydrogen) atoms. The Morgan fingerprint density at radius 3 is 2.67 bits per heavy atom. The van der Waals surface area contributed by atoms with Gasteiger partial charge in [0.05, 0.1) is 5.52 Å². The number of hydrogen-bond acceptors (Lipinski definition) is 2. The Hall–Kier alpha value is -2.35. The number of fused-ring (bicyclic) bond motifs is 1. The van der Waals surface area contributed by atoms with Gasteiger partial charge >= 0.3 is 0 Å². The molecule has 0 radical (unpaired) electrons. The lowest BCUT2D eigenvalue weighted by Gasteiger charge is -2.09. The summed E-state index contributed by atoms with van der Waals surface area (Å²) in [4.78, 5) is 4.39. The maximum Gasteiger partial charge on any atom is 0.0708 e. The molecule has 0 atom stereocenters. The molecule has 3 rings (SSSR count). The Kier molecular flexibility index (Phi) is 2.49. The van der Waals surface area contributed by atoms with E-state index in [0.717, 1.165) is 11.2 Å². The number of aromatic nitrogens is 1. The second-order valence-corrected chi connectivity index (χ2v) is 4.45. The van der Waals surface area contributed by atoms with Crippen molar-refractivity contribution >= 4 is 16.6 Å². The van der Waals surface area contributed by atoms with Gasteiger partial charge in [0.2, 0.25) is 0 Å². The molecule has 0 bridgehead atoms. The molecule has 88 valence electrons. The Labute approximate surface area is 106 Å². The minimum atomic E-state index is 0.801. The molecule has 0 aliphatic rings. The third-order valence-corrected chi connectivity index (χ3v) is 3.19. The second kappa shape index (κ2) is 4.15. The van der Waals surface area contributed by atoms with Crippen molar-refractivity contribution in [1.29, 1.82) is 0 Å². The van der Waals surface area contributed by atoms with Gasteiger partial charge in [-0.25, -0.2) is 0 Å². The first-order valence-electron chi connectivity index (χ1n) is 5.96. The van der Waals surface area contributed by atoms with Gasteiger partial charge in [0.1, 0.15) is 0 Å². The summed E-state index contributed by atoms with van der Waals surface area (Å²) in [6.45, 7) is 2.08. The van der Waals surface area contributed by atoms with Crippen LogP contribution in [0, 0.1) is 6.92 Å². The van der Waals surface area contributed by atoms with E-state index >= 15 is 0 Å². The molecule has 2 nitrogen and oxygen atoms in total. The number of nitrogen functional groups attached to an aromatic ring is 1. The molecule has 1 heterocycles. The molecule has 2 N–H and O–H groups in total. The lowest BCUT2D eigenvalue weighted by atomic mass is 9.96. The van der Waals surface area contributed by atoms with Crippen molar-refractivity contribution in [3.63, 3.8) is 0 Å². The third-order valence-electron chi connectivity index (χ3n) is 3.19. The van der Waals surface area contributed by atoms with Crippen molar-refractivity contribution in [3.8, 4) is 11.1 Å². The van der Waals surface area contributed by atoms with Crippen molar-refractivity contribution in [2.45, 2.75) is 6.92 Å². The molecule has 0 amide bonds. The number of aryl methyl sites for hydroxylation is 1. The van der Waals surface area contributed by atoms with Gasteiger partial charge in [-0.2, -0.15) is 0 Å². The number of rotatable bonds is 1. The molecular weight excluding hydrogens is 220 g/mol. The van der Waals surface area contributed by atoms with E-state index in [2.05, 4.69) is 30.1 Å². The van der Waals surface area contributed by atoms with Crippen LogP contribution in [0.25, 0.3) is 22.0 Å². The summed E-state index contributed by atoms with van der Waals surface area (Å²) in [6, 6.07) is 16.3. The van der Waals surface area contributed by atoms with E-state index in [1.807, 2.05) is 36.5 Å². The number of nitrogens with zero attached hydrogens (tertiary/aromatic N) is 1. The lowest BCUT2D eigenvalue weighted by Crippen LogP contribution is -1.90. The van der Waals surface area contributed by atoms with Crippen molar-refractivity contribution < 1.29 is 0 Å². The van der Waals surface area contributed by atoms with E-state index in [1.165, 1.54) is 22.1 Å². The average molecular weight is 234 g/mol. The second-order valence-electron chi connectivity index (χ2n) is 4.45. The number of nitrogens with two attached hydrogens (primary N) is 1. The Morgan fingerprint density at radius 2 is 1.83 bits per heavy atom. The summed E-state index contributed by atoms with van der Waals surface area (Å²) in [7, 11) is 0. The summed E-state index contributed by atoms with van der Waals surface area (Å²) >= 11 is 0.